The van der Waals surface area contributed by atoms with Crippen LogP contribution in [0.15, 0.2) is 24.3 Å². The maximum atomic E-state index is 12.2. The third kappa shape index (κ3) is 2.29. The molecule has 1 aliphatic heterocycles. The molecule has 0 aromatic heterocycles. The molecule has 0 bridgehead atoms. The van der Waals surface area contributed by atoms with Crippen LogP contribution in [-0.2, 0) is 4.79 Å². The van der Waals surface area contributed by atoms with Crippen LogP contribution in [0, 0.1) is 11.3 Å². The van der Waals surface area contributed by atoms with Gasteiger partial charge in [0.2, 0.25) is 5.91 Å². The topological polar surface area (TPSA) is 56.1 Å². The van der Waals surface area contributed by atoms with Gasteiger partial charge in [-0.3, -0.25) is 4.79 Å². The summed E-state index contributed by atoms with van der Waals surface area (Å²) in [7, 11) is 1.72. The number of hydrogen-bond donors (Lipinski definition) is 1. The van der Waals surface area contributed by atoms with Gasteiger partial charge in [-0.05, 0) is 31.5 Å². The molecule has 1 aliphatic rings. The van der Waals surface area contributed by atoms with Crippen LogP contribution in [0.3, 0.4) is 0 Å². The van der Waals surface area contributed by atoms with Gasteiger partial charge in [-0.2, -0.15) is 5.26 Å². The molecule has 1 saturated heterocycles. The maximum absolute atomic E-state index is 12.2. The van der Waals surface area contributed by atoms with E-state index in [-0.39, 0.29) is 11.9 Å². The number of benzene rings is 1. The number of para-hydroxylation sites is 1. The van der Waals surface area contributed by atoms with Crippen molar-refractivity contribution in [2.24, 2.45) is 0 Å². The smallest absolute Gasteiger partial charge is 0.243 e. The summed E-state index contributed by atoms with van der Waals surface area (Å²) in [5.74, 6) is 0.0326. The van der Waals surface area contributed by atoms with Crippen molar-refractivity contribution in [3.8, 4) is 6.07 Å². The SMILES string of the molecule is CN(C(=O)[C@@H]1CCCN1)c1ccccc1C#N. The molecule has 4 heteroatoms. The number of amides is 1. The average molecular weight is 229 g/mol. The van der Waals surface area contributed by atoms with Gasteiger partial charge in [-0.25, -0.2) is 0 Å². The first-order valence-corrected chi connectivity index (χ1v) is 5.74. The molecule has 0 spiro atoms. The van der Waals surface area contributed by atoms with E-state index in [9.17, 15) is 4.79 Å². The highest BCUT2D eigenvalue weighted by molar-refractivity contribution is 5.97. The summed E-state index contributed by atoms with van der Waals surface area (Å²) in [4.78, 5) is 13.7. The molecule has 2 rings (SSSR count). The average Bonchev–Trinajstić information content (AvgIpc) is 2.90. The van der Waals surface area contributed by atoms with Crippen LogP contribution in [0.2, 0.25) is 0 Å². The summed E-state index contributed by atoms with van der Waals surface area (Å²) in [6.45, 7) is 0.893. The van der Waals surface area contributed by atoms with Gasteiger partial charge in [-0.15, -0.1) is 0 Å². The Morgan fingerprint density at radius 1 is 1.53 bits per heavy atom. The highest BCUT2D eigenvalue weighted by Crippen LogP contribution is 2.20. The Morgan fingerprint density at radius 2 is 2.29 bits per heavy atom. The first-order valence-electron chi connectivity index (χ1n) is 5.74. The zero-order chi connectivity index (χ0) is 12.3. The van der Waals surface area contributed by atoms with Gasteiger partial charge in [0.05, 0.1) is 17.3 Å². The second-order valence-electron chi connectivity index (χ2n) is 4.18. The lowest BCUT2D eigenvalue weighted by Crippen LogP contribution is -2.41. The summed E-state index contributed by atoms with van der Waals surface area (Å²) < 4.78 is 0. The Bertz CT molecular complexity index is 458. The fraction of sp³-hybridized carbons (Fsp3) is 0.385. The van der Waals surface area contributed by atoms with E-state index < -0.39 is 0 Å². The fourth-order valence-electron chi connectivity index (χ4n) is 2.11. The Hall–Kier alpha value is -1.86. The second kappa shape index (κ2) is 4.98. The lowest BCUT2D eigenvalue weighted by molar-refractivity contribution is -0.119. The lowest BCUT2D eigenvalue weighted by Gasteiger charge is -2.22. The van der Waals surface area contributed by atoms with Crippen molar-refractivity contribution in [3.05, 3.63) is 29.8 Å². The second-order valence-corrected chi connectivity index (χ2v) is 4.18. The molecule has 0 aliphatic carbocycles. The normalized spacial score (nSPS) is 18.7. The molecule has 17 heavy (non-hydrogen) atoms. The van der Waals surface area contributed by atoms with E-state index in [2.05, 4.69) is 11.4 Å². The van der Waals surface area contributed by atoms with E-state index in [4.69, 9.17) is 5.26 Å². The third-order valence-electron chi connectivity index (χ3n) is 3.07. The maximum Gasteiger partial charge on any atom is 0.243 e. The summed E-state index contributed by atoms with van der Waals surface area (Å²) in [5, 5.41) is 12.2. The number of hydrogen-bond acceptors (Lipinski definition) is 3. The Balaban J connectivity index is 2.21. The molecule has 0 unspecified atom stereocenters. The first-order chi connectivity index (χ1) is 8.24. The third-order valence-corrected chi connectivity index (χ3v) is 3.07. The summed E-state index contributed by atoms with van der Waals surface area (Å²) in [6, 6.07) is 9.16. The van der Waals surface area contributed by atoms with Gasteiger partial charge in [0.15, 0.2) is 0 Å². The number of rotatable bonds is 2. The molecule has 0 saturated carbocycles. The Morgan fingerprint density at radius 3 is 2.94 bits per heavy atom. The summed E-state index contributed by atoms with van der Waals surface area (Å²) >= 11 is 0. The molecule has 1 aromatic rings. The van der Waals surface area contributed by atoms with E-state index in [0.717, 1.165) is 19.4 Å². The highest BCUT2D eigenvalue weighted by atomic mass is 16.2. The molecular weight excluding hydrogens is 214 g/mol. The number of nitriles is 1. The monoisotopic (exact) mass is 229 g/mol. The lowest BCUT2D eigenvalue weighted by atomic mass is 10.1. The van der Waals surface area contributed by atoms with Crippen molar-refractivity contribution in [3.63, 3.8) is 0 Å². The molecule has 1 N–H and O–H groups in total. The van der Waals surface area contributed by atoms with Crippen LogP contribution in [0.25, 0.3) is 0 Å². The molecule has 4 nitrogen and oxygen atoms in total. The van der Waals surface area contributed by atoms with Gasteiger partial charge < -0.3 is 10.2 Å². The van der Waals surface area contributed by atoms with Crippen molar-refractivity contribution in [1.29, 1.82) is 5.26 Å². The molecule has 0 radical (unpaired) electrons. The minimum Gasteiger partial charge on any atom is -0.313 e. The van der Waals surface area contributed by atoms with Gasteiger partial charge >= 0.3 is 0 Å². The summed E-state index contributed by atoms with van der Waals surface area (Å²) in [6.07, 6.45) is 1.90. The zero-order valence-corrected chi connectivity index (χ0v) is 9.81. The highest BCUT2D eigenvalue weighted by Gasteiger charge is 2.26. The number of anilines is 1. The Kier molecular flexibility index (Phi) is 3.40. The quantitative estimate of drug-likeness (QED) is 0.831. The molecule has 88 valence electrons. The first kappa shape index (κ1) is 11.6. The van der Waals surface area contributed by atoms with Gasteiger partial charge in [0.25, 0.3) is 0 Å². The number of carbonyl (C=O) groups excluding carboxylic acids is 1. The largest absolute Gasteiger partial charge is 0.313 e. The minimum absolute atomic E-state index is 0.0326. The van der Waals surface area contributed by atoms with Crippen LogP contribution in [-0.4, -0.2) is 25.5 Å². The molecule has 1 amide bonds. The van der Waals surface area contributed by atoms with Crippen LogP contribution in [0.5, 0.6) is 0 Å². The number of likely N-dealkylation sites (N-methyl/N-ethyl adjacent to an activating group) is 1. The van der Waals surface area contributed by atoms with Crippen LogP contribution >= 0.6 is 0 Å². The number of carbonyl (C=O) groups is 1. The molecular formula is C13H15N3O. The standard InChI is InChI=1S/C13H15N3O/c1-16(13(17)11-6-4-8-15-11)12-7-3-2-5-10(12)9-14/h2-3,5,7,11,15H,4,6,8H2,1H3/t11-/m0/s1. The van der Waals surface area contributed by atoms with Crippen molar-refractivity contribution in [2.75, 3.05) is 18.5 Å². The molecule has 1 heterocycles. The van der Waals surface area contributed by atoms with E-state index >= 15 is 0 Å². The van der Waals surface area contributed by atoms with Crippen LogP contribution in [0.4, 0.5) is 5.69 Å². The minimum atomic E-state index is -0.105. The van der Waals surface area contributed by atoms with Crippen molar-refractivity contribution >= 4 is 11.6 Å². The van der Waals surface area contributed by atoms with Crippen molar-refractivity contribution in [2.45, 2.75) is 18.9 Å². The van der Waals surface area contributed by atoms with E-state index in [1.54, 1.807) is 30.1 Å². The Labute approximate surface area is 101 Å². The number of nitrogens with one attached hydrogen (secondary N) is 1. The van der Waals surface area contributed by atoms with E-state index in [0.29, 0.717) is 11.3 Å². The molecule has 1 fully saturated rings. The predicted octanol–water partition coefficient (Wildman–Crippen LogP) is 1.27. The predicted molar refractivity (Wildman–Crippen MR) is 65.6 cm³/mol. The number of nitrogens with zero attached hydrogens (tertiary/aromatic N) is 2. The fourth-order valence-corrected chi connectivity index (χ4v) is 2.11. The van der Waals surface area contributed by atoms with Gasteiger partial charge in [0, 0.05) is 7.05 Å². The van der Waals surface area contributed by atoms with Crippen molar-refractivity contribution < 1.29 is 4.79 Å². The molecule has 1 atom stereocenters. The van der Waals surface area contributed by atoms with Gasteiger partial charge in [0.1, 0.15) is 6.07 Å². The van der Waals surface area contributed by atoms with E-state index in [1.165, 1.54) is 0 Å². The molecule has 1 aromatic carbocycles. The van der Waals surface area contributed by atoms with Gasteiger partial charge in [-0.1, -0.05) is 12.1 Å². The van der Waals surface area contributed by atoms with E-state index in [1.807, 2.05) is 6.07 Å². The summed E-state index contributed by atoms with van der Waals surface area (Å²) in [5.41, 5.74) is 1.20. The van der Waals surface area contributed by atoms with Crippen molar-refractivity contribution in [1.82, 2.24) is 5.32 Å². The van der Waals surface area contributed by atoms with Crippen LogP contribution < -0.4 is 10.2 Å². The zero-order valence-electron chi connectivity index (χ0n) is 9.81. The van der Waals surface area contributed by atoms with Crippen LogP contribution in [0.1, 0.15) is 18.4 Å².